The summed E-state index contributed by atoms with van der Waals surface area (Å²) in [6.45, 7) is 1.53. The number of carbonyl (C=O) groups excluding carboxylic acids is 1. The molecule has 1 unspecified atom stereocenters. The van der Waals surface area contributed by atoms with Gasteiger partial charge in [0.1, 0.15) is 23.2 Å². The largest absolute Gasteiger partial charge is 0.481 e. The second kappa shape index (κ2) is 7.06. The highest BCUT2D eigenvalue weighted by Crippen LogP contribution is 2.19. The summed E-state index contributed by atoms with van der Waals surface area (Å²) < 4.78 is 18.9. The lowest BCUT2D eigenvalue weighted by molar-refractivity contribution is -0.122. The minimum absolute atomic E-state index is 0.0905. The van der Waals surface area contributed by atoms with Gasteiger partial charge in [-0.3, -0.25) is 4.79 Å². The van der Waals surface area contributed by atoms with E-state index < -0.39 is 17.8 Å². The molecular weight excluding hydrogens is 297 g/mol. The third-order valence-electron chi connectivity index (χ3n) is 3.05. The van der Waals surface area contributed by atoms with Crippen molar-refractivity contribution in [2.24, 2.45) is 0 Å². The van der Waals surface area contributed by atoms with Crippen molar-refractivity contribution in [3.63, 3.8) is 0 Å². The van der Waals surface area contributed by atoms with Crippen molar-refractivity contribution in [3.05, 3.63) is 59.4 Å². The molecule has 0 aromatic heterocycles. The molecule has 1 N–H and O–H groups in total. The number of hydrogen-bond acceptors (Lipinski definition) is 4. The van der Waals surface area contributed by atoms with Crippen LogP contribution in [-0.4, -0.2) is 12.0 Å². The van der Waals surface area contributed by atoms with E-state index in [1.807, 2.05) is 6.07 Å². The number of nitrogens with zero attached hydrogens (tertiary/aromatic N) is 2. The summed E-state index contributed by atoms with van der Waals surface area (Å²) in [5.41, 5.74) is 0.340. The first-order chi connectivity index (χ1) is 11.0. The molecule has 5 nitrogen and oxygen atoms in total. The lowest BCUT2D eigenvalue weighted by atomic mass is 10.1. The van der Waals surface area contributed by atoms with Gasteiger partial charge in [0.25, 0.3) is 5.91 Å². The van der Waals surface area contributed by atoms with Crippen molar-refractivity contribution < 1.29 is 13.9 Å². The zero-order chi connectivity index (χ0) is 16.8. The first kappa shape index (κ1) is 16.0. The van der Waals surface area contributed by atoms with E-state index in [0.29, 0.717) is 11.3 Å². The van der Waals surface area contributed by atoms with Crippen LogP contribution < -0.4 is 10.1 Å². The van der Waals surface area contributed by atoms with Crippen LogP contribution in [0.1, 0.15) is 18.1 Å². The zero-order valence-corrected chi connectivity index (χ0v) is 12.2. The number of halogens is 1. The van der Waals surface area contributed by atoms with E-state index in [1.165, 1.54) is 19.1 Å². The average molecular weight is 309 g/mol. The second-order valence-corrected chi connectivity index (χ2v) is 4.66. The smallest absolute Gasteiger partial charge is 0.265 e. The molecule has 0 bridgehead atoms. The third-order valence-corrected chi connectivity index (χ3v) is 3.05. The van der Waals surface area contributed by atoms with Crippen LogP contribution in [0.2, 0.25) is 0 Å². The maximum absolute atomic E-state index is 13.5. The van der Waals surface area contributed by atoms with Crippen LogP contribution in [0, 0.1) is 28.5 Å². The Hall–Kier alpha value is -3.38. The normalized spacial score (nSPS) is 11.0. The van der Waals surface area contributed by atoms with Crippen LogP contribution in [-0.2, 0) is 4.79 Å². The summed E-state index contributed by atoms with van der Waals surface area (Å²) in [6.07, 6.45) is -0.863. The number of nitriles is 2. The molecule has 0 radical (unpaired) electrons. The van der Waals surface area contributed by atoms with E-state index in [0.717, 1.165) is 6.07 Å². The summed E-state index contributed by atoms with van der Waals surface area (Å²) in [7, 11) is 0. The van der Waals surface area contributed by atoms with Crippen LogP contribution in [0.4, 0.5) is 10.1 Å². The van der Waals surface area contributed by atoms with E-state index in [-0.39, 0.29) is 11.3 Å². The number of nitrogens with one attached hydrogen (secondary N) is 1. The molecule has 2 aromatic rings. The topological polar surface area (TPSA) is 85.9 Å². The Morgan fingerprint density at radius 1 is 1.17 bits per heavy atom. The summed E-state index contributed by atoms with van der Waals surface area (Å²) in [5, 5.41) is 20.1. The molecule has 0 spiro atoms. The summed E-state index contributed by atoms with van der Waals surface area (Å²) in [6, 6.07) is 14.0. The maximum Gasteiger partial charge on any atom is 0.265 e. The number of anilines is 1. The third kappa shape index (κ3) is 3.84. The quantitative estimate of drug-likeness (QED) is 0.940. The van der Waals surface area contributed by atoms with E-state index in [9.17, 15) is 9.18 Å². The predicted molar refractivity (Wildman–Crippen MR) is 81.0 cm³/mol. The van der Waals surface area contributed by atoms with Gasteiger partial charge >= 0.3 is 0 Å². The first-order valence-electron chi connectivity index (χ1n) is 6.71. The van der Waals surface area contributed by atoms with Crippen LogP contribution in [0.15, 0.2) is 42.5 Å². The predicted octanol–water partition coefficient (Wildman–Crippen LogP) is 2.98. The Bertz CT molecular complexity index is 804. The number of benzene rings is 2. The van der Waals surface area contributed by atoms with Gasteiger partial charge < -0.3 is 10.1 Å². The van der Waals surface area contributed by atoms with Crippen molar-refractivity contribution in [1.29, 1.82) is 10.5 Å². The van der Waals surface area contributed by atoms with Gasteiger partial charge in [-0.05, 0) is 43.3 Å². The van der Waals surface area contributed by atoms with Gasteiger partial charge in [-0.15, -0.1) is 0 Å². The molecule has 114 valence electrons. The fraction of sp³-hybridized carbons (Fsp3) is 0.118. The van der Waals surface area contributed by atoms with Crippen molar-refractivity contribution in [3.8, 4) is 17.9 Å². The fourth-order valence-corrected chi connectivity index (χ4v) is 1.84. The molecule has 6 heteroatoms. The number of carbonyl (C=O) groups is 1. The molecule has 0 aliphatic carbocycles. The first-order valence-corrected chi connectivity index (χ1v) is 6.71. The van der Waals surface area contributed by atoms with E-state index in [2.05, 4.69) is 5.32 Å². The molecule has 1 atom stereocenters. The highest BCUT2D eigenvalue weighted by molar-refractivity contribution is 5.95. The molecule has 0 aliphatic rings. The molecule has 2 rings (SSSR count). The van der Waals surface area contributed by atoms with Crippen LogP contribution in [0.3, 0.4) is 0 Å². The van der Waals surface area contributed by atoms with Crippen molar-refractivity contribution in [2.75, 3.05) is 5.32 Å². The second-order valence-electron chi connectivity index (χ2n) is 4.66. The summed E-state index contributed by atoms with van der Waals surface area (Å²) >= 11 is 0. The molecule has 0 saturated heterocycles. The van der Waals surface area contributed by atoms with Crippen molar-refractivity contribution in [2.45, 2.75) is 13.0 Å². The van der Waals surface area contributed by atoms with E-state index in [4.69, 9.17) is 15.3 Å². The lowest BCUT2D eigenvalue weighted by Gasteiger charge is -2.15. The van der Waals surface area contributed by atoms with Gasteiger partial charge in [0.2, 0.25) is 0 Å². The van der Waals surface area contributed by atoms with Crippen LogP contribution in [0.5, 0.6) is 5.75 Å². The zero-order valence-electron chi connectivity index (χ0n) is 12.2. The number of hydrogen-bond donors (Lipinski definition) is 1. The van der Waals surface area contributed by atoms with Gasteiger partial charge in [0.15, 0.2) is 6.10 Å². The van der Waals surface area contributed by atoms with Gasteiger partial charge in [-0.2, -0.15) is 10.5 Å². The highest BCUT2D eigenvalue weighted by atomic mass is 19.1. The maximum atomic E-state index is 13.5. The Balaban J connectivity index is 2.07. The summed E-state index contributed by atoms with van der Waals surface area (Å²) in [4.78, 5) is 12.1. The fourth-order valence-electron chi connectivity index (χ4n) is 1.84. The minimum Gasteiger partial charge on any atom is -0.481 e. The van der Waals surface area contributed by atoms with Gasteiger partial charge in [-0.1, -0.05) is 6.07 Å². The Kier molecular flexibility index (Phi) is 4.91. The molecule has 0 saturated carbocycles. The van der Waals surface area contributed by atoms with Gasteiger partial charge in [0.05, 0.1) is 17.3 Å². The average Bonchev–Trinajstić information content (AvgIpc) is 2.55. The Morgan fingerprint density at radius 3 is 2.48 bits per heavy atom. The molecule has 0 aliphatic heterocycles. The number of rotatable bonds is 4. The summed E-state index contributed by atoms with van der Waals surface area (Å²) in [5.74, 6) is -0.797. The standard InChI is InChI=1S/C17H12FN3O2/c1-11(23-13-7-5-12(9-19)6-8-13)17(22)21-16-4-2-3-15(18)14(16)10-20/h2-8,11H,1H3,(H,21,22). The Morgan fingerprint density at radius 2 is 1.87 bits per heavy atom. The van der Waals surface area contributed by atoms with Crippen molar-refractivity contribution in [1.82, 2.24) is 0 Å². The lowest BCUT2D eigenvalue weighted by Crippen LogP contribution is -2.30. The molecule has 2 aromatic carbocycles. The highest BCUT2D eigenvalue weighted by Gasteiger charge is 2.17. The molecule has 23 heavy (non-hydrogen) atoms. The number of ether oxygens (including phenoxy) is 1. The minimum atomic E-state index is -0.863. The molecule has 1 amide bonds. The van der Waals surface area contributed by atoms with Gasteiger partial charge in [0, 0.05) is 0 Å². The van der Waals surface area contributed by atoms with E-state index in [1.54, 1.807) is 30.3 Å². The molecular formula is C17H12FN3O2. The van der Waals surface area contributed by atoms with Crippen LogP contribution in [0.25, 0.3) is 0 Å². The van der Waals surface area contributed by atoms with E-state index >= 15 is 0 Å². The number of amides is 1. The molecule has 0 heterocycles. The molecule has 0 fully saturated rings. The van der Waals surface area contributed by atoms with Crippen molar-refractivity contribution >= 4 is 11.6 Å². The SMILES string of the molecule is CC(Oc1ccc(C#N)cc1)C(=O)Nc1cccc(F)c1C#N. The monoisotopic (exact) mass is 309 g/mol. The van der Waals surface area contributed by atoms with Gasteiger partial charge in [-0.25, -0.2) is 4.39 Å². The van der Waals surface area contributed by atoms with Crippen LogP contribution >= 0.6 is 0 Å². The Labute approximate surface area is 132 Å².